The van der Waals surface area contributed by atoms with Crippen LogP contribution >= 0.6 is 11.3 Å². The number of hydrogen-bond donors (Lipinski definition) is 2. The first-order valence-corrected chi connectivity index (χ1v) is 7.37. The molecule has 0 aliphatic heterocycles. The van der Waals surface area contributed by atoms with E-state index in [2.05, 4.69) is 20.6 Å². The monoisotopic (exact) mass is 306 g/mol. The fourth-order valence-electron chi connectivity index (χ4n) is 1.47. The van der Waals surface area contributed by atoms with Crippen molar-refractivity contribution in [3.63, 3.8) is 0 Å². The second-order valence-electron chi connectivity index (χ2n) is 5.47. The minimum atomic E-state index is -0.438. The Bertz CT molecular complexity index is 576. The van der Waals surface area contributed by atoms with Gasteiger partial charge in [-0.05, 0) is 26.8 Å². The third-order valence-electron chi connectivity index (χ3n) is 2.34. The molecule has 7 heteroatoms. The molecule has 2 aromatic rings. The summed E-state index contributed by atoms with van der Waals surface area (Å²) >= 11 is 1.50. The molecule has 2 heterocycles. The second-order valence-corrected chi connectivity index (χ2v) is 6.36. The van der Waals surface area contributed by atoms with Gasteiger partial charge in [-0.25, -0.2) is 14.8 Å². The van der Waals surface area contributed by atoms with Gasteiger partial charge < -0.3 is 15.4 Å². The predicted octanol–water partition coefficient (Wildman–Crippen LogP) is 3.31. The predicted molar refractivity (Wildman–Crippen MR) is 82.7 cm³/mol. The number of nitrogens with one attached hydrogen (secondary N) is 2. The zero-order valence-electron chi connectivity index (χ0n) is 12.2. The largest absolute Gasteiger partial charge is 0.445 e. The van der Waals surface area contributed by atoms with Crippen molar-refractivity contribution in [2.75, 3.05) is 5.32 Å². The lowest BCUT2D eigenvalue weighted by Gasteiger charge is -2.19. The van der Waals surface area contributed by atoms with Crippen LogP contribution in [0, 0.1) is 0 Å². The number of carbonyl (C=O) groups excluding carboxylic acids is 1. The van der Waals surface area contributed by atoms with Crippen molar-refractivity contribution in [3.8, 4) is 0 Å². The van der Waals surface area contributed by atoms with E-state index >= 15 is 0 Å². The number of ether oxygens (including phenoxy) is 1. The number of carbonyl (C=O) groups is 1. The number of amides is 1. The molecule has 2 N–H and O–H groups in total. The van der Waals surface area contributed by atoms with Gasteiger partial charge in [-0.2, -0.15) is 0 Å². The summed E-state index contributed by atoms with van der Waals surface area (Å²) in [5.74, 6) is 0.702. The Morgan fingerprint density at radius 3 is 2.71 bits per heavy atom. The lowest BCUT2D eigenvalue weighted by molar-refractivity contribution is 0.131. The lowest BCUT2D eigenvalue weighted by atomic mass is 10.1. The molecule has 0 spiro atoms. The first kappa shape index (κ1) is 15.2. The summed E-state index contributed by atoms with van der Waals surface area (Å²) in [4.78, 5) is 19.9. The maximum Gasteiger partial charge on any atom is 0.407 e. The number of thiazole rings is 1. The molecule has 0 aliphatic carbocycles. The Balaban J connectivity index is 1.84. The van der Waals surface area contributed by atoms with E-state index in [-0.39, 0.29) is 12.1 Å². The van der Waals surface area contributed by atoms with Crippen molar-refractivity contribution in [3.05, 3.63) is 35.5 Å². The van der Waals surface area contributed by atoms with Gasteiger partial charge in [0.1, 0.15) is 12.4 Å². The number of anilines is 2. The van der Waals surface area contributed by atoms with Gasteiger partial charge in [0.05, 0.1) is 0 Å². The van der Waals surface area contributed by atoms with Crippen LogP contribution in [0.25, 0.3) is 0 Å². The third-order valence-corrected chi connectivity index (χ3v) is 3.03. The summed E-state index contributed by atoms with van der Waals surface area (Å²) < 4.78 is 5.13. The molecule has 0 saturated carbocycles. The molecule has 2 aromatic heterocycles. The molecule has 0 bridgehead atoms. The minimum absolute atomic E-state index is 0.187. The number of aromatic nitrogens is 2. The van der Waals surface area contributed by atoms with Gasteiger partial charge in [-0.1, -0.05) is 6.07 Å². The first-order chi connectivity index (χ1) is 9.92. The Morgan fingerprint density at radius 2 is 2.14 bits per heavy atom. The third kappa shape index (κ3) is 5.39. The van der Waals surface area contributed by atoms with E-state index in [1.54, 1.807) is 12.4 Å². The van der Waals surface area contributed by atoms with E-state index in [4.69, 9.17) is 4.74 Å². The van der Waals surface area contributed by atoms with Crippen molar-refractivity contribution in [2.24, 2.45) is 0 Å². The van der Waals surface area contributed by atoms with Crippen molar-refractivity contribution in [1.82, 2.24) is 15.3 Å². The SMILES string of the molecule is CC(C)(C)NC(=O)OCc1ccc(Nc2nccs2)nc1. The van der Waals surface area contributed by atoms with Crippen molar-refractivity contribution < 1.29 is 9.53 Å². The molecule has 6 nitrogen and oxygen atoms in total. The number of pyridine rings is 1. The number of nitrogens with zero attached hydrogens (tertiary/aromatic N) is 2. The lowest BCUT2D eigenvalue weighted by Crippen LogP contribution is -2.40. The molecule has 0 saturated heterocycles. The van der Waals surface area contributed by atoms with Crippen LogP contribution in [-0.4, -0.2) is 21.6 Å². The van der Waals surface area contributed by atoms with Crippen LogP contribution in [0.2, 0.25) is 0 Å². The van der Waals surface area contributed by atoms with Gasteiger partial charge in [0.2, 0.25) is 0 Å². The normalized spacial score (nSPS) is 11.0. The van der Waals surface area contributed by atoms with E-state index in [0.29, 0.717) is 5.82 Å². The highest BCUT2D eigenvalue weighted by molar-refractivity contribution is 7.13. The molecule has 112 valence electrons. The minimum Gasteiger partial charge on any atom is -0.445 e. The van der Waals surface area contributed by atoms with Gasteiger partial charge in [0.15, 0.2) is 5.13 Å². The highest BCUT2D eigenvalue weighted by atomic mass is 32.1. The Hall–Kier alpha value is -2.15. The van der Waals surface area contributed by atoms with E-state index in [1.807, 2.05) is 38.3 Å². The molecule has 1 amide bonds. The van der Waals surface area contributed by atoms with Gasteiger partial charge >= 0.3 is 6.09 Å². The molecular formula is C14H18N4O2S. The summed E-state index contributed by atoms with van der Waals surface area (Å²) in [6, 6.07) is 3.68. The quantitative estimate of drug-likeness (QED) is 0.906. The van der Waals surface area contributed by atoms with Crippen LogP contribution in [0.15, 0.2) is 29.9 Å². The number of rotatable bonds is 4. The Labute approximate surface area is 127 Å². The summed E-state index contributed by atoms with van der Waals surface area (Å²) in [5.41, 5.74) is 0.514. The topological polar surface area (TPSA) is 76.1 Å². The van der Waals surface area contributed by atoms with E-state index in [0.717, 1.165) is 10.7 Å². The second kappa shape index (κ2) is 6.53. The summed E-state index contributed by atoms with van der Waals surface area (Å²) in [6.07, 6.45) is 2.95. The summed E-state index contributed by atoms with van der Waals surface area (Å²) in [5, 5.41) is 8.49. The molecule has 21 heavy (non-hydrogen) atoms. The summed E-state index contributed by atoms with van der Waals surface area (Å²) in [7, 11) is 0. The molecular weight excluding hydrogens is 288 g/mol. The van der Waals surface area contributed by atoms with Gasteiger partial charge in [0.25, 0.3) is 0 Å². The summed E-state index contributed by atoms with van der Waals surface area (Å²) in [6.45, 7) is 5.88. The highest BCUT2D eigenvalue weighted by Gasteiger charge is 2.14. The molecule has 0 fully saturated rings. The zero-order valence-corrected chi connectivity index (χ0v) is 13.0. The molecule has 0 unspecified atom stereocenters. The van der Waals surface area contributed by atoms with Gasteiger partial charge in [-0.3, -0.25) is 0 Å². The van der Waals surface area contributed by atoms with Crippen LogP contribution in [0.5, 0.6) is 0 Å². The van der Waals surface area contributed by atoms with Crippen LogP contribution in [0.4, 0.5) is 15.7 Å². The van der Waals surface area contributed by atoms with Crippen LogP contribution in [0.3, 0.4) is 0 Å². The van der Waals surface area contributed by atoms with E-state index in [9.17, 15) is 4.79 Å². The standard InChI is InChI=1S/C14H18N4O2S/c1-14(2,3)18-13(19)20-9-10-4-5-11(16-8-10)17-12-15-6-7-21-12/h4-8H,9H2,1-3H3,(H,18,19)(H,15,16,17). The average molecular weight is 306 g/mol. The maximum atomic E-state index is 11.5. The van der Waals surface area contributed by atoms with Crippen molar-refractivity contribution >= 4 is 28.4 Å². The van der Waals surface area contributed by atoms with Gasteiger partial charge in [-0.15, -0.1) is 11.3 Å². The van der Waals surface area contributed by atoms with Crippen molar-refractivity contribution in [1.29, 1.82) is 0 Å². The molecule has 0 radical (unpaired) electrons. The first-order valence-electron chi connectivity index (χ1n) is 6.49. The van der Waals surface area contributed by atoms with Gasteiger partial charge in [0, 0.05) is 28.9 Å². The molecule has 0 aromatic carbocycles. The van der Waals surface area contributed by atoms with E-state index < -0.39 is 6.09 Å². The molecule has 2 rings (SSSR count). The Morgan fingerprint density at radius 1 is 1.33 bits per heavy atom. The Kier molecular flexibility index (Phi) is 4.74. The highest BCUT2D eigenvalue weighted by Crippen LogP contribution is 2.16. The average Bonchev–Trinajstić information content (AvgIpc) is 2.89. The van der Waals surface area contributed by atoms with Crippen molar-refractivity contribution in [2.45, 2.75) is 32.9 Å². The van der Waals surface area contributed by atoms with Crippen LogP contribution < -0.4 is 10.6 Å². The fourth-order valence-corrected chi connectivity index (χ4v) is 2.01. The molecule has 0 atom stereocenters. The fraction of sp³-hybridized carbons (Fsp3) is 0.357. The smallest absolute Gasteiger partial charge is 0.407 e. The number of hydrogen-bond acceptors (Lipinski definition) is 6. The molecule has 0 aliphatic rings. The van der Waals surface area contributed by atoms with Crippen LogP contribution in [0.1, 0.15) is 26.3 Å². The zero-order chi connectivity index (χ0) is 15.3. The number of alkyl carbamates (subject to hydrolysis) is 1. The van der Waals surface area contributed by atoms with Crippen LogP contribution in [-0.2, 0) is 11.3 Å². The maximum absolute atomic E-state index is 11.5. The van der Waals surface area contributed by atoms with E-state index in [1.165, 1.54) is 11.3 Å².